The van der Waals surface area contributed by atoms with Crippen LogP contribution in [0, 0.1) is 10.7 Å². The molecule has 0 aromatic carbocycles. The lowest BCUT2D eigenvalue weighted by Gasteiger charge is -1.14. The zero-order chi connectivity index (χ0) is 2.71. The minimum absolute atomic E-state index is 0. The van der Waals surface area contributed by atoms with E-state index >= 15 is 0 Å². The summed E-state index contributed by atoms with van der Waals surface area (Å²) in [4.78, 5) is 0. The summed E-state index contributed by atoms with van der Waals surface area (Å²) in [7, 11) is 0. The number of nitrogens with zero attached hydrogens (tertiary/aromatic N) is 1. The third-order valence-electron chi connectivity index (χ3n) is 0. The van der Waals surface area contributed by atoms with Crippen molar-refractivity contribution in [2.75, 3.05) is 0 Å². The van der Waals surface area contributed by atoms with Gasteiger partial charge in [-0.05, 0) is 0 Å². The molecule has 6 heteroatoms. The van der Waals surface area contributed by atoms with Gasteiger partial charge in [0.05, 0.1) is 0 Å². The summed E-state index contributed by atoms with van der Waals surface area (Å²) in [6, 6.07) is 0. The summed E-state index contributed by atoms with van der Waals surface area (Å²) in [5.41, 5.74) is 0. The predicted molar refractivity (Wildman–Crippen MR) is 38.6 cm³/mol. The van der Waals surface area contributed by atoms with E-state index in [1.807, 2.05) is 0 Å². The quantitative estimate of drug-likeness (QED) is 0.381. The lowest BCUT2D eigenvalue weighted by molar-refractivity contribution is 0.824. The van der Waals surface area contributed by atoms with E-state index in [9.17, 15) is 0 Å². The normalized spacial score (nSPS) is 1.14. The van der Waals surface area contributed by atoms with E-state index in [0.717, 1.165) is 0 Å². The van der Waals surface area contributed by atoms with Crippen molar-refractivity contribution in [3.05, 3.63) is 0 Å². The molecule has 0 amide bonds. The van der Waals surface area contributed by atoms with E-state index in [2.05, 4.69) is 12.6 Å². The first-order valence-electron chi connectivity index (χ1n) is 0.447. The number of rotatable bonds is 0. The summed E-state index contributed by atoms with van der Waals surface area (Å²) in [5.74, 6) is 0. The summed E-state index contributed by atoms with van der Waals surface area (Å²) in [5, 5.41) is 8.63. The average Bonchev–Trinajstić information content (AvgIpc) is 0.918. The Morgan fingerprint density at radius 1 is 1.29 bits per heavy atom. The number of hydrogen-bond donors (Lipinski definition) is 3. The van der Waals surface area contributed by atoms with Gasteiger partial charge in [0, 0.05) is 0 Å². The number of hydrogen-bond acceptors (Lipinski definition) is 4. The third kappa shape index (κ3) is 2730. The molecule has 0 aromatic heterocycles. The SMILES string of the molecule is Br.N.N.N#CS.O. The predicted octanol–water partition coefficient (Wildman–Crippen LogP) is 0.474. The fourth-order valence-corrected chi connectivity index (χ4v) is 0. The maximum Gasteiger partial charge on any atom is 0.130 e. The van der Waals surface area contributed by atoms with Gasteiger partial charge in [0.25, 0.3) is 0 Å². The van der Waals surface area contributed by atoms with Crippen molar-refractivity contribution in [3.8, 4) is 5.40 Å². The van der Waals surface area contributed by atoms with Gasteiger partial charge in [0.15, 0.2) is 0 Å². The highest BCUT2D eigenvalue weighted by Crippen LogP contribution is 1.46. The van der Waals surface area contributed by atoms with Crippen LogP contribution in [0.3, 0.4) is 0 Å². The van der Waals surface area contributed by atoms with Gasteiger partial charge in [-0.25, -0.2) is 0 Å². The lowest BCUT2D eigenvalue weighted by Crippen LogP contribution is -0.961. The standard InChI is InChI=1S/CHNS.BrH.2H3N.H2O/c2-1-3;;;;/h3H;1H;2*1H3;1H2. The smallest absolute Gasteiger partial charge is 0.130 e. The second-order valence-corrected chi connectivity index (χ2v) is 0.300. The molecule has 0 radical (unpaired) electrons. The number of thiocyanates is 1. The van der Waals surface area contributed by atoms with E-state index in [-0.39, 0.29) is 34.8 Å². The highest BCUT2D eigenvalue weighted by Gasteiger charge is 1.18. The molecule has 0 saturated heterocycles. The Morgan fingerprint density at radius 2 is 1.29 bits per heavy atom. The van der Waals surface area contributed by atoms with Gasteiger partial charge in [-0.3, -0.25) is 0 Å². The molecule has 0 aliphatic carbocycles. The molecule has 0 fully saturated rings. The van der Waals surface area contributed by atoms with E-state index in [1.54, 1.807) is 0 Å². The van der Waals surface area contributed by atoms with Gasteiger partial charge >= 0.3 is 0 Å². The molecule has 7 heavy (non-hydrogen) atoms. The van der Waals surface area contributed by atoms with Gasteiger partial charge in [-0.15, -0.1) is 17.0 Å². The zero-order valence-electron chi connectivity index (χ0n) is 3.72. The minimum atomic E-state index is 0. The first kappa shape index (κ1) is 57.2. The maximum atomic E-state index is 7.18. The minimum Gasteiger partial charge on any atom is -0.412 e. The van der Waals surface area contributed by atoms with Crippen LogP contribution in [0.25, 0.3) is 0 Å². The summed E-state index contributed by atoms with van der Waals surface area (Å²) in [6.45, 7) is 0. The molecule has 0 heterocycles. The molecule has 0 atom stereocenters. The van der Waals surface area contributed by atoms with Crippen LogP contribution in [-0.4, -0.2) is 5.48 Å². The van der Waals surface area contributed by atoms with Crippen LogP contribution >= 0.6 is 29.6 Å². The fourth-order valence-electron chi connectivity index (χ4n) is 0. The van der Waals surface area contributed by atoms with Crippen molar-refractivity contribution in [1.29, 1.82) is 5.26 Å². The summed E-state index contributed by atoms with van der Waals surface area (Å²) in [6.07, 6.45) is 0. The Hall–Kier alpha value is 0.200. The second kappa shape index (κ2) is 116. The Bertz CT molecular complexity index is 36.4. The van der Waals surface area contributed by atoms with Crippen LogP contribution in [0.1, 0.15) is 0 Å². The Labute approximate surface area is 58.6 Å². The highest BCUT2D eigenvalue weighted by atomic mass is 79.9. The van der Waals surface area contributed by atoms with E-state index < -0.39 is 0 Å². The van der Waals surface area contributed by atoms with Gasteiger partial charge in [-0.2, -0.15) is 5.26 Å². The number of thiol groups is 1. The summed E-state index contributed by atoms with van der Waals surface area (Å²) >= 11 is 3.09. The van der Waals surface area contributed by atoms with E-state index in [0.29, 0.717) is 0 Å². The van der Waals surface area contributed by atoms with Gasteiger partial charge in [-0.1, -0.05) is 12.6 Å². The zero-order valence-corrected chi connectivity index (χ0v) is 6.32. The topological polar surface area (TPSA) is 125 Å². The molecule has 48 valence electrons. The van der Waals surface area contributed by atoms with Crippen LogP contribution in [-0.2, 0) is 0 Å². The van der Waals surface area contributed by atoms with Gasteiger partial charge in [0.1, 0.15) is 5.40 Å². The van der Waals surface area contributed by atoms with Crippen LogP contribution in [0.4, 0.5) is 0 Å². The van der Waals surface area contributed by atoms with Gasteiger partial charge in [0.2, 0.25) is 0 Å². The average molecular weight is 192 g/mol. The Morgan fingerprint density at radius 3 is 1.29 bits per heavy atom. The molecule has 0 rings (SSSR count). The van der Waals surface area contributed by atoms with Crippen LogP contribution in [0.5, 0.6) is 0 Å². The van der Waals surface area contributed by atoms with Crippen molar-refractivity contribution >= 4 is 29.6 Å². The Balaban J connectivity index is -0.00000000333. The highest BCUT2D eigenvalue weighted by molar-refractivity contribution is 8.93. The first-order chi connectivity index (χ1) is 1.41. The number of nitriles is 1. The molecule has 0 spiro atoms. The molecule has 0 bridgehead atoms. The lowest BCUT2D eigenvalue weighted by atomic mass is 11.8. The molecule has 0 aliphatic heterocycles. The molecule has 4 nitrogen and oxygen atoms in total. The third-order valence-corrected chi connectivity index (χ3v) is 0. The van der Waals surface area contributed by atoms with Crippen LogP contribution in [0.2, 0.25) is 0 Å². The molecule has 8 N–H and O–H groups in total. The fraction of sp³-hybridized carbons (Fsp3) is 0. The molecule has 0 aliphatic rings. The van der Waals surface area contributed by atoms with Crippen molar-refractivity contribution in [3.63, 3.8) is 0 Å². The van der Waals surface area contributed by atoms with Crippen molar-refractivity contribution in [1.82, 2.24) is 12.3 Å². The second-order valence-electron chi connectivity index (χ2n) is 0.100. The Kier molecular flexibility index (Phi) is 951. The molecular formula is CH10BrN3OS. The van der Waals surface area contributed by atoms with E-state index in [4.69, 9.17) is 5.26 Å². The molecule has 0 unspecified atom stereocenters. The van der Waals surface area contributed by atoms with Crippen molar-refractivity contribution in [2.45, 2.75) is 0 Å². The monoisotopic (exact) mass is 191 g/mol. The van der Waals surface area contributed by atoms with Crippen molar-refractivity contribution in [2.24, 2.45) is 0 Å². The van der Waals surface area contributed by atoms with E-state index in [1.165, 1.54) is 5.40 Å². The maximum absolute atomic E-state index is 7.18. The van der Waals surface area contributed by atoms with Crippen molar-refractivity contribution < 1.29 is 5.48 Å². The van der Waals surface area contributed by atoms with Crippen LogP contribution < -0.4 is 12.3 Å². The largest absolute Gasteiger partial charge is 0.412 e. The van der Waals surface area contributed by atoms with Gasteiger partial charge < -0.3 is 17.8 Å². The summed E-state index contributed by atoms with van der Waals surface area (Å²) < 4.78 is 0. The molecular weight excluding hydrogens is 182 g/mol. The molecule has 0 aromatic rings. The first-order valence-corrected chi connectivity index (χ1v) is 0.894. The number of halogens is 1. The molecule has 0 saturated carbocycles. The van der Waals surface area contributed by atoms with Crippen LogP contribution in [0.15, 0.2) is 0 Å².